The van der Waals surface area contributed by atoms with Gasteiger partial charge in [-0.2, -0.15) is 0 Å². The third-order valence-corrected chi connectivity index (χ3v) is 1.85. The van der Waals surface area contributed by atoms with Gasteiger partial charge in [-0.15, -0.1) is 5.92 Å². The van der Waals surface area contributed by atoms with E-state index in [-0.39, 0.29) is 5.76 Å². The second kappa shape index (κ2) is 5.23. The molecular weight excluding hydrogens is 194 g/mol. The number of hydrogen-bond acceptors (Lipinski definition) is 3. The third-order valence-electron chi connectivity index (χ3n) is 1.85. The number of aryl methyl sites for hydroxylation is 1. The van der Waals surface area contributed by atoms with Gasteiger partial charge in [-0.1, -0.05) is 5.92 Å². The van der Waals surface area contributed by atoms with Crippen molar-refractivity contribution in [2.24, 2.45) is 0 Å². The molecule has 0 saturated carbocycles. The lowest BCUT2D eigenvalue weighted by Crippen LogP contribution is -2.12. The van der Waals surface area contributed by atoms with Crippen LogP contribution in [-0.4, -0.2) is 17.6 Å². The first-order chi connectivity index (χ1) is 7.15. The molecule has 0 saturated heterocycles. The van der Waals surface area contributed by atoms with Gasteiger partial charge in [0.25, 0.3) is 0 Å². The Bertz CT molecular complexity index is 409. The fraction of sp³-hybridized carbons (Fsp3) is 0.364. The van der Waals surface area contributed by atoms with Crippen molar-refractivity contribution in [2.45, 2.75) is 20.4 Å². The molecule has 80 valence electrons. The van der Waals surface area contributed by atoms with Crippen molar-refractivity contribution in [1.82, 2.24) is 5.32 Å². The number of furan rings is 1. The van der Waals surface area contributed by atoms with Crippen LogP contribution in [0.5, 0.6) is 0 Å². The molecule has 1 aromatic heterocycles. The molecule has 0 aromatic carbocycles. The summed E-state index contributed by atoms with van der Waals surface area (Å²) >= 11 is 0. The Morgan fingerprint density at radius 2 is 2.40 bits per heavy atom. The second-order valence-corrected chi connectivity index (χ2v) is 3.06. The summed E-state index contributed by atoms with van der Waals surface area (Å²) in [5.41, 5.74) is 0.640. The maximum atomic E-state index is 10.7. The molecule has 0 bridgehead atoms. The summed E-state index contributed by atoms with van der Waals surface area (Å²) in [4.78, 5) is 10.7. The van der Waals surface area contributed by atoms with Gasteiger partial charge >= 0.3 is 5.97 Å². The maximum Gasteiger partial charge on any atom is 0.372 e. The van der Waals surface area contributed by atoms with E-state index in [1.807, 2.05) is 0 Å². The van der Waals surface area contributed by atoms with E-state index in [1.54, 1.807) is 19.9 Å². The van der Waals surface area contributed by atoms with Crippen LogP contribution in [0.15, 0.2) is 10.5 Å². The van der Waals surface area contributed by atoms with Crippen molar-refractivity contribution in [2.75, 3.05) is 6.54 Å². The van der Waals surface area contributed by atoms with Crippen LogP contribution in [-0.2, 0) is 6.54 Å². The minimum Gasteiger partial charge on any atom is -0.475 e. The Morgan fingerprint density at radius 1 is 1.67 bits per heavy atom. The van der Waals surface area contributed by atoms with Crippen LogP contribution in [0, 0.1) is 18.8 Å². The lowest BCUT2D eigenvalue weighted by molar-refractivity contribution is 0.0659. The fourth-order valence-corrected chi connectivity index (χ4v) is 1.18. The van der Waals surface area contributed by atoms with Crippen LogP contribution >= 0.6 is 0 Å². The first-order valence-electron chi connectivity index (χ1n) is 4.58. The van der Waals surface area contributed by atoms with Gasteiger partial charge in [0.05, 0.1) is 13.1 Å². The molecule has 4 nitrogen and oxygen atoms in total. The predicted octanol–water partition coefficient (Wildman–Crippen LogP) is 1.40. The number of carboxylic acid groups (broad SMARTS) is 1. The molecule has 4 heteroatoms. The zero-order chi connectivity index (χ0) is 11.3. The first kappa shape index (κ1) is 11.3. The van der Waals surface area contributed by atoms with Crippen LogP contribution in [0.3, 0.4) is 0 Å². The van der Waals surface area contributed by atoms with Gasteiger partial charge in [0.15, 0.2) is 0 Å². The van der Waals surface area contributed by atoms with Crippen molar-refractivity contribution in [3.63, 3.8) is 0 Å². The van der Waals surface area contributed by atoms with E-state index in [0.29, 0.717) is 24.4 Å². The summed E-state index contributed by atoms with van der Waals surface area (Å²) in [6.07, 6.45) is 0. The van der Waals surface area contributed by atoms with Crippen LogP contribution in [0.2, 0.25) is 0 Å². The molecule has 0 aliphatic carbocycles. The van der Waals surface area contributed by atoms with Crippen molar-refractivity contribution in [3.8, 4) is 11.8 Å². The van der Waals surface area contributed by atoms with Crippen molar-refractivity contribution in [3.05, 3.63) is 23.2 Å². The Labute approximate surface area is 88.3 Å². The number of nitrogens with one attached hydrogen (secondary N) is 1. The molecule has 1 heterocycles. The average molecular weight is 207 g/mol. The summed E-state index contributed by atoms with van der Waals surface area (Å²) in [7, 11) is 0. The van der Waals surface area contributed by atoms with E-state index in [4.69, 9.17) is 9.52 Å². The van der Waals surface area contributed by atoms with Gasteiger partial charge in [0.2, 0.25) is 5.76 Å². The molecule has 0 aliphatic heterocycles. The Hall–Kier alpha value is -1.73. The molecule has 0 unspecified atom stereocenters. The second-order valence-electron chi connectivity index (χ2n) is 3.06. The van der Waals surface area contributed by atoms with E-state index >= 15 is 0 Å². The fourth-order valence-electron chi connectivity index (χ4n) is 1.18. The number of carbonyl (C=O) groups is 1. The van der Waals surface area contributed by atoms with E-state index in [1.165, 1.54) is 0 Å². The quantitative estimate of drug-likeness (QED) is 0.578. The topological polar surface area (TPSA) is 62.5 Å². The van der Waals surface area contributed by atoms with Gasteiger partial charge in [0.1, 0.15) is 5.76 Å². The van der Waals surface area contributed by atoms with Gasteiger partial charge in [0, 0.05) is 5.56 Å². The molecule has 0 aliphatic rings. The van der Waals surface area contributed by atoms with Gasteiger partial charge in [-0.05, 0) is 19.9 Å². The zero-order valence-corrected chi connectivity index (χ0v) is 8.76. The van der Waals surface area contributed by atoms with E-state index < -0.39 is 5.97 Å². The molecular formula is C11H13NO3. The van der Waals surface area contributed by atoms with Crippen LogP contribution in [0.4, 0.5) is 0 Å². The minimum absolute atomic E-state index is 0.00776. The number of carboxylic acids is 1. The zero-order valence-electron chi connectivity index (χ0n) is 8.76. The maximum absolute atomic E-state index is 10.7. The summed E-state index contributed by atoms with van der Waals surface area (Å²) in [5.74, 6) is 5.18. The monoisotopic (exact) mass is 207 g/mol. The molecule has 1 aromatic rings. The highest BCUT2D eigenvalue weighted by molar-refractivity contribution is 5.86. The normalized spacial score (nSPS) is 9.47. The van der Waals surface area contributed by atoms with Crippen LogP contribution in [0.1, 0.15) is 28.8 Å². The smallest absolute Gasteiger partial charge is 0.372 e. The van der Waals surface area contributed by atoms with E-state index in [9.17, 15) is 4.79 Å². The SMILES string of the molecule is CC#CCNCc1cc(C)c(C(=O)O)o1. The third kappa shape index (κ3) is 3.15. The molecule has 0 fully saturated rings. The van der Waals surface area contributed by atoms with Gasteiger partial charge in [-0.25, -0.2) is 4.79 Å². The van der Waals surface area contributed by atoms with Crippen LogP contribution in [0.25, 0.3) is 0 Å². The molecule has 0 spiro atoms. The molecule has 0 atom stereocenters. The standard InChI is InChI=1S/C11H13NO3/c1-3-4-5-12-7-9-6-8(2)10(15-9)11(13)14/h6,12H,5,7H2,1-2H3,(H,13,14). The lowest BCUT2D eigenvalue weighted by Gasteiger charge is -1.95. The Balaban J connectivity index is 2.58. The van der Waals surface area contributed by atoms with Crippen LogP contribution < -0.4 is 5.32 Å². The first-order valence-corrected chi connectivity index (χ1v) is 4.58. The summed E-state index contributed by atoms with van der Waals surface area (Å²) in [5, 5.41) is 11.8. The lowest BCUT2D eigenvalue weighted by atomic mass is 10.2. The summed E-state index contributed by atoms with van der Waals surface area (Å²) < 4.78 is 5.15. The molecule has 0 radical (unpaired) electrons. The van der Waals surface area contributed by atoms with E-state index in [2.05, 4.69) is 17.2 Å². The Morgan fingerprint density at radius 3 is 2.93 bits per heavy atom. The van der Waals surface area contributed by atoms with Gasteiger partial charge in [-0.3, -0.25) is 5.32 Å². The molecule has 0 amide bonds. The molecule has 2 N–H and O–H groups in total. The minimum atomic E-state index is -1.04. The highest BCUT2D eigenvalue weighted by atomic mass is 16.4. The summed E-state index contributed by atoms with van der Waals surface area (Å²) in [6, 6.07) is 1.72. The number of aromatic carboxylic acids is 1. The van der Waals surface area contributed by atoms with E-state index in [0.717, 1.165) is 0 Å². The highest BCUT2D eigenvalue weighted by Gasteiger charge is 2.13. The van der Waals surface area contributed by atoms with Crippen molar-refractivity contribution >= 4 is 5.97 Å². The molecule has 15 heavy (non-hydrogen) atoms. The van der Waals surface area contributed by atoms with Crippen molar-refractivity contribution in [1.29, 1.82) is 0 Å². The Kier molecular flexibility index (Phi) is 3.95. The predicted molar refractivity (Wildman–Crippen MR) is 55.6 cm³/mol. The highest BCUT2D eigenvalue weighted by Crippen LogP contribution is 2.14. The van der Waals surface area contributed by atoms with Gasteiger partial charge < -0.3 is 9.52 Å². The number of rotatable bonds is 4. The summed E-state index contributed by atoms with van der Waals surface area (Å²) in [6.45, 7) is 4.53. The molecule has 1 rings (SSSR count). The average Bonchev–Trinajstić information content (AvgIpc) is 2.55. The van der Waals surface area contributed by atoms with Crippen molar-refractivity contribution < 1.29 is 14.3 Å². The largest absolute Gasteiger partial charge is 0.475 e. The number of hydrogen-bond donors (Lipinski definition) is 2.